The second-order valence-electron chi connectivity index (χ2n) is 10.1. The molecule has 0 aliphatic carbocycles. The van der Waals surface area contributed by atoms with Gasteiger partial charge in [0.25, 0.3) is 0 Å². The Morgan fingerprint density at radius 3 is 2.41 bits per heavy atom. The average molecular weight is 591 g/mol. The molecule has 1 heterocycles. The van der Waals surface area contributed by atoms with Gasteiger partial charge in [0, 0.05) is 35.1 Å². The lowest BCUT2D eigenvalue weighted by molar-refractivity contribution is -0.136. The van der Waals surface area contributed by atoms with Crippen molar-refractivity contribution in [2.45, 2.75) is 55.2 Å². The first-order valence-corrected chi connectivity index (χ1v) is 16.4. The molecule has 11 heteroatoms. The maximum Gasteiger partial charge on any atom is 0.304 e. The summed E-state index contributed by atoms with van der Waals surface area (Å²) in [5, 5.41) is 12.8. The van der Waals surface area contributed by atoms with Crippen LogP contribution < -0.4 is 10.1 Å². The van der Waals surface area contributed by atoms with Crippen LogP contribution in [-0.4, -0.2) is 53.7 Å². The van der Waals surface area contributed by atoms with Crippen molar-refractivity contribution >= 4 is 56.1 Å². The van der Waals surface area contributed by atoms with Crippen LogP contribution >= 0.6 is 23.5 Å². The summed E-state index contributed by atoms with van der Waals surface area (Å²) in [6.07, 6.45) is 1.60. The van der Waals surface area contributed by atoms with Crippen LogP contribution in [0.15, 0.2) is 59.5 Å². The van der Waals surface area contributed by atoms with Gasteiger partial charge < -0.3 is 15.2 Å². The molecule has 3 rings (SSSR count). The molecule has 2 N–H and O–H groups in total. The first-order chi connectivity index (χ1) is 18.3. The van der Waals surface area contributed by atoms with E-state index >= 15 is 0 Å². The molecule has 0 fully saturated rings. The highest BCUT2D eigenvalue weighted by Crippen LogP contribution is 2.41. The number of carbonyl (C=O) groups is 2. The number of aromatic nitrogens is 1. The van der Waals surface area contributed by atoms with Crippen molar-refractivity contribution in [1.82, 2.24) is 10.3 Å². The van der Waals surface area contributed by atoms with Crippen LogP contribution in [-0.2, 0) is 26.0 Å². The Balaban J connectivity index is 1.67. The number of ether oxygens (including phenoxy) is 1. The Kier molecular flexibility index (Phi) is 10.7. The number of nitrogens with one attached hydrogen (secondary N) is 1. The predicted molar refractivity (Wildman–Crippen MR) is 158 cm³/mol. The van der Waals surface area contributed by atoms with E-state index in [1.165, 1.54) is 18.0 Å². The molecule has 3 aromatic rings. The van der Waals surface area contributed by atoms with E-state index in [1.807, 2.05) is 51.1 Å². The Hall–Kier alpha value is -2.76. The normalized spacial score (nSPS) is 12.7. The van der Waals surface area contributed by atoms with Crippen LogP contribution in [0.3, 0.4) is 0 Å². The predicted octanol–water partition coefficient (Wildman–Crippen LogP) is 5.46. The van der Waals surface area contributed by atoms with Gasteiger partial charge in [-0.25, -0.2) is 13.4 Å². The summed E-state index contributed by atoms with van der Waals surface area (Å²) in [7, 11) is -3.29. The number of rotatable bonds is 13. The van der Waals surface area contributed by atoms with Crippen molar-refractivity contribution in [3.8, 4) is 5.75 Å². The number of aliphatic carboxylic acids is 1. The van der Waals surface area contributed by atoms with Gasteiger partial charge in [0.1, 0.15) is 12.4 Å². The fraction of sp³-hybridized carbons (Fsp3) is 0.393. The summed E-state index contributed by atoms with van der Waals surface area (Å²) in [5.74, 6) is 0.838. The first-order valence-electron chi connectivity index (χ1n) is 12.4. The molecule has 1 aromatic heterocycles. The van der Waals surface area contributed by atoms with Crippen LogP contribution in [0.4, 0.5) is 0 Å². The monoisotopic (exact) mass is 590 g/mol. The van der Waals surface area contributed by atoms with Gasteiger partial charge in [-0.1, -0.05) is 18.2 Å². The van der Waals surface area contributed by atoms with E-state index in [2.05, 4.69) is 10.3 Å². The zero-order valence-electron chi connectivity index (χ0n) is 22.5. The third-order valence-corrected chi connectivity index (χ3v) is 9.32. The lowest BCUT2D eigenvalue weighted by atomic mass is 10.1. The quantitative estimate of drug-likeness (QED) is 0.250. The number of sulfone groups is 1. The molecule has 210 valence electrons. The van der Waals surface area contributed by atoms with Gasteiger partial charge in [0.05, 0.1) is 27.1 Å². The molecule has 0 radical (unpaired) electrons. The van der Waals surface area contributed by atoms with Crippen molar-refractivity contribution in [3.05, 3.63) is 65.9 Å². The van der Waals surface area contributed by atoms with E-state index in [-0.39, 0.29) is 34.0 Å². The Morgan fingerprint density at radius 2 is 1.74 bits per heavy atom. The van der Waals surface area contributed by atoms with Crippen LogP contribution in [0.2, 0.25) is 0 Å². The van der Waals surface area contributed by atoms with Crippen LogP contribution in [0.5, 0.6) is 5.75 Å². The largest absolute Gasteiger partial charge is 0.487 e. The van der Waals surface area contributed by atoms with E-state index in [4.69, 9.17) is 9.84 Å². The van der Waals surface area contributed by atoms with E-state index < -0.39 is 15.8 Å². The SMILES string of the molecule is CC(C)(C)NC(=O)CCSC(SCCC(=O)O)c1cccc(OCc2ccc3cc(S(C)(=O)=O)ccc3n2)c1. The lowest BCUT2D eigenvalue weighted by Gasteiger charge is -2.21. The maximum absolute atomic E-state index is 12.2. The second kappa shape index (κ2) is 13.5. The molecule has 1 atom stereocenters. The molecule has 0 aliphatic heterocycles. The summed E-state index contributed by atoms with van der Waals surface area (Å²) >= 11 is 3.14. The van der Waals surface area contributed by atoms with E-state index in [1.54, 1.807) is 36.0 Å². The third-order valence-electron chi connectivity index (χ3n) is 5.36. The van der Waals surface area contributed by atoms with Gasteiger partial charge >= 0.3 is 5.97 Å². The zero-order chi connectivity index (χ0) is 28.6. The summed E-state index contributed by atoms with van der Waals surface area (Å²) in [6, 6.07) is 16.1. The van der Waals surface area contributed by atoms with Gasteiger partial charge in [-0.3, -0.25) is 9.59 Å². The van der Waals surface area contributed by atoms with Gasteiger partial charge in [-0.05, 0) is 62.7 Å². The number of carboxylic acid groups (broad SMARTS) is 1. The van der Waals surface area contributed by atoms with E-state index in [9.17, 15) is 18.0 Å². The summed E-state index contributed by atoms with van der Waals surface area (Å²) in [6.45, 7) is 6.05. The number of thioether (sulfide) groups is 2. The molecule has 0 spiro atoms. The number of carbonyl (C=O) groups excluding carboxylic acids is 1. The molecular weight excluding hydrogens is 557 g/mol. The molecule has 0 saturated carbocycles. The van der Waals surface area contributed by atoms with E-state index in [0.29, 0.717) is 34.9 Å². The molecule has 2 aromatic carbocycles. The topological polar surface area (TPSA) is 123 Å². The number of hydrogen-bond acceptors (Lipinski definition) is 8. The standard InChI is InChI=1S/C28H34N2O6S3/c1-28(2,3)30-25(31)12-14-37-27(38-15-13-26(32)33)20-6-5-7-22(16-20)36-18-21-9-8-19-17-23(39(4,34)35)10-11-24(19)29-21/h5-11,16-17,27H,12-15,18H2,1-4H3,(H,30,31)(H,32,33). The molecule has 8 nitrogen and oxygen atoms in total. The molecule has 1 unspecified atom stereocenters. The van der Waals surface area contributed by atoms with Crippen LogP contribution in [0.1, 0.15) is 49.5 Å². The highest BCUT2D eigenvalue weighted by Gasteiger charge is 2.18. The van der Waals surface area contributed by atoms with Crippen molar-refractivity contribution in [1.29, 1.82) is 0 Å². The number of hydrogen-bond donors (Lipinski definition) is 2. The van der Waals surface area contributed by atoms with Crippen molar-refractivity contribution in [2.24, 2.45) is 0 Å². The number of amides is 1. The minimum Gasteiger partial charge on any atom is -0.487 e. The number of nitrogens with zero attached hydrogens (tertiary/aromatic N) is 1. The fourth-order valence-corrected chi connectivity index (χ4v) is 6.92. The minimum absolute atomic E-state index is 0.0169. The number of fused-ring (bicyclic) bond motifs is 1. The average Bonchev–Trinajstić information content (AvgIpc) is 2.84. The fourth-order valence-electron chi connectivity index (χ4n) is 3.60. The number of pyridine rings is 1. The smallest absolute Gasteiger partial charge is 0.304 e. The lowest BCUT2D eigenvalue weighted by Crippen LogP contribution is -2.40. The summed E-state index contributed by atoms with van der Waals surface area (Å²) < 4.78 is 29.6. The Morgan fingerprint density at radius 1 is 1.03 bits per heavy atom. The molecule has 39 heavy (non-hydrogen) atoms. The zero-order valence-corrected chi connectivity index (χ0v) is 24.9. The Bertz CT molecular complexity index is 1420. The molecule has 0 aliphatic rings. The molecule has 0 bridgehead atoms. The van der Waals surface area contributed by atoms with Gasteiger partial charge in [0.15, 0.2) is 9.84 Å². The highest BCUT2D eigenvalue weighted by molar-refractivity contribution is 8.16. The summed E-state index contributed by atoms with van der Waals surface area (Å²) in [5.41, 5.74) is 2.07. The highest BCUT2D eigenvalue weighted by atomic mass is 32.2. The Labute approximate surface area is 238 Å². The molecule has 1 amide bonds. The minimum atomic E-state index is -3.29. The van der Waals surface area contributed by atoms with Crippen molar-refractivity contribution in [2.75, 3.05) is 17.8 Å². The first kappa shape index (κ1) is 30.8. The van der Waals surface area contributed by atoms with E-state index in [0.717, 1.165) is 10.9 Å². The third kappa shape index (κ3) is 10.4. The maximum atomic E-state index is 12.2. The number of benzene rings is 2. The van der Waals surface area contributed by atoms with Crippen molar-refractivity contribution in [3.63, 3.8) is 0 Å². The van der Waals surface area contributed by atoms with Gasteiger partial charge in [-0.15, -0.1) is 23.5 Å². The number of carboxylic acids is 1. The second-order valence-corrected chi connectivity index (χ2v) is 14.8. The van der Waals surface area contributed by atoms with Crippen LogP contribution in [0.25, 0.3) is 10.9 Å². The molecular formula is C28H34N2O6S3. The van der Waals surface area contributed by atoms with Gasteiger partial charge in [-0.2, -0.15) is 0 Å². The summed E-state index contributed by atoms with van der Waals surface area (Å²) in [4.78, 5) is 28.1. The van der Waals surface area contributed by atoms with Crippen LogP contribution in [0, 0.1) is 0 Å². The van der Waals surface area contributed by atoms with Crippen molar-refractivity contribution < 1.29 is 27.9 Å². The van der Waals surface area contributed by atoms with Gasteiger partial charge in [0.2, 0.25) is 5.91 Å². The molecule has 0 saturated heterocycles.